The standard InChI is InChI=1S/C21H28N2O2/c1-18-2-4-20(5-3-18)17-25-21-8-6-19(7-9-21)16-22-10-11-23-12-14-24-15-13-23/h2-9,22H,10-17H2,1H3/p+2. The molecule has 1 heterocycles. The highest BCUT2D eigenvalue weighted by molar-refractivity contribution is 5.27. The maximum absolute atomic E-state index is 5.87. The summed E-state index contributed by atoms with van der Waals surface area (Å²) in [7, 11) is 0. The lowest BCUT2D eigenvalue weighted by atomic mass is 10.2. The number of ether oxygens (including phenoxy) is 2. The van der Waals surface area contributed by atoms with E-state index in [0.29, 0.717) is 6.61 Å². The van der Waals surface area contributed by atoms with Crippen molar-refractivity contribution in [1.82, 2.24) is 0 Å². The van der Waals surface area contributed by atoms with Crippen LogP contribution in [0.15, 0.2) is 48.5 Å². The van der Waals surface area contributed by atoms with Gasteiger partial charge in [-0.1, -0.05) is 29.8 Å². The molecule has 0 saturated carbocycles. The maximum atomic E-state index is 5.87. The van der Waals surface area contributed by atoms with Crippen LogP contribution in [0.4, 0.5) is 0 Å². The fourth-order valence-corrected chi connectivity index (χ4v) is 3.06. The van der Waals surface area contributed by atoms with Crippen LogP contribution >= 0.6 is 0 Å². The highest BCUT2D eigenvalue weighted by Crippen LogP contribution is 2.14. The second kappa shape index (κ2) is 9.56. The van der Waals surface area contributed by atoms with Gasteiger partial charge in [0, 0.05) is 5.56 Å². The molecule has 0 spiro atoms. The van der Waals surface area contributed by atoms with Crippen LogP contribution in [0.3, 0.4) is 0 Å². The lowest BCUT2D eigenvalue weighted by molar-refractivity contribution is -0.920. The normalized spacial score (nSPS) is 15.2. The Kier molecular flexibility index (Phi) is 6.86. The van der Waals surface area contributed by atoms with Gasteiger partial charge in [-0.25, -0.2) is 0 Å². The van der Waals surface area contributed by atoms with Crippen molar-refractivity contribution in [2.45, 2.75) is 20.1 Å². The fraction of sp³-hybridized carbons (Fsp3) is 0.429. The number of benzene rings is 2. The zero-order chi connectivity index (χ0) is 17.3. The van der Waals surface area contributed by atoms with E-state index in [-0.39, 0.29) is 0 Å². The minimum Gasteiger partial charge on any atom is -0.489 e. The van der Waals surface area contributed by atoms with Gasteiger partial charge in [0.15, 0.2) is 0 Å². The molecule has 0 aliphatic carbocycles. The van der Waals surface area contributed by atoms with Gasteiger partial charge < -0.3 is 19.7 Å². The Morgan fingerprint density at radius 1 is 0.960 bits per heavy atom. The van der Waals surface area contributed by atoms with Crippen molar-refractivity contribution >= 4 is 0 Å². The van der Waals surface area contributed by atoms with Crippen LogP contribution in [0, 0.1) is 6.92 Å². The molecule has 1 aliphatic rings. The first-order chi connectivity index (χ1) is 12.3. The van der Waals surface area contributed by atoms with E-state index in [9.17, 15) is 0 Å². The van der Waals surface area contributed by atoms with Crippen LogP contribution in [-0.4, -0.2) is 39.4 Å². The van der Waals surface area contributed by atoms with Crippen LogP contribution in [0.25, 0.3) is 0 Å². The number of morpholine rings is 1. The molecule has 134 valence electrons. The van der Waals surface area contributed by atoms with Gasteiger partial charge >= 0.3 is 0 Å². The van der Waals surface area contributed by atoms with Gasteiger partial charge in [0.05, 0.1) is 13.2 Å². The third kappa shape index (κ3) is 6.16. The average Bonchev–Trinajstić information content (AvgIpc) is 2.67. The van der Waals surface area contributed by atoms with Crippen LogP contribution in [0.5, 0.6) is 5.75 Å². The van der Waals surface area contributed by atoms with E-state index in [0.717, 1.165) is 38.6 Å². The predicted molar refractivity (Wildman–Crippen MR) is 98.8 cm³/mol. The molecule has 2 aromatic rings. The first kappa shape index (κ1) is 17.9. The molecule has 4 nitrogen and oxygen atoms in total. The molecule has 1 saturated heterocycles. The summed E-state index contributed by atoms with van der Waals surface area (Å²) in [5, 5.41) is 2.39. The third-order valence-electron chi connectivity index (χ3n) is 4.73. The molecule has 1 fully saturated rings. The van der Waals surface area contributed by atoms with Crippen molar-refractivity contribution in [3.8, 4) is 5.75 Å². The lowest BCUT2D eigenvalue weighted by Crippen LogP contribution is -3.16. The van der Waals surface area contributed by atoms with Crippen molar-refractivity contribution in [3.05, 3.63) is 65.2 Å². The molecule has 1 aliphatic heterocycles. The molecule has 2 aromatic carbocycles. The van der Waals surface area contributed by atoms with Gasteiger partial charge in [0.1, 0.15) is 45.1 Å². The number of quaternary nitrogens is 2. The van der Waals surface area contributed by atoms with Gasteiger partial charge in [-0.3, -0.25) is 0 Å². The number of hydrogen-bond acceptors (Lipinski definition) is 2. The second-order valence-electron chi connectivity index (χ2n) is 6.81. The Morgan fingerprint density at radius 3 is 2.36 bits per heavy atom. The molecule has 0 amide bonds. The van der Waals surface area contributed by atoms with E-state index in [1.165, 1.54) is 29.8 Å². The summed E-state index contributed by atoms with van der Waals surface area (Å²) in [6.07, 6.45) is 0. The zero-order valence-corrected chi connectivity index (χ0v) is 15.2. The highest BCUT2D eigenvalue weighted by atomic mass is 16.5. The molecule has 0 radical (unpaired) electrons. The molecular weight excluding hydrogens is 312 g/mol. The van der Waals surface area contributed by atoms with Crippen LogP contribution in [0.2, 0.25) is 0 Å². The van der Waals surface area contributed by atoms with Gasteiger partial charge in [0.25, 0.3) is 0 Å². The summed E-state index contributed by atoms with van der Waals surface area (Å²) in [5.74, 6) is 0.932. The highest BCUT2D eigenvalue weighted by Gasteiger charge is 2.13. The minimum absolute atomic E-state index is 0.619. The maximum Gasteiger partial charge on any atom is 0.127 e. The van der Waals surface area contributed by atoms with E-state index >= 15 is 0 Å². The smallest absolute Gasteiger partial charge is 0.127 e. The lowest BCUT2D eigenvalue weighted by Gasteiger charge is -2.22. The second-order valence-corrected chi connectivity index (χ2v) is 6.81. The largest absolute Gasteiger partial charge is 0.489 e. The monoisotopic (exact) mass is 342 g/mol. The molecule has 3 N–H and O–H groups in total. The van der Waals surface area contributed by atoms with E-state index in [2.05, 4.69) is 60.8 Å². The molecule has 25 heavy (non-hydrogen) atoms. The molecule has 0 atom stereocenters. The van der Waals surface area contributed by atoms with Gasteiger partial charge in [-0.15, -0.1) is 0 Å². The SMILES string of the molecule is Cc1ccc(COc2ccc(C[NH2+]CC[NH+]3CCOCC3)cc2)cc1. The Balaban J connectivity index is 1.35. The van der Waals surface area contributed by atoms with Gasteiger partial charge in [-0.2, -0.15) is 0 Å². The number of nitrogens with one attached hydrogen (secondary N) is 1. The average molecular weight is 342 g/mol. The summed E-state index contributed by atoms with van der Waals surface area (Å²) < 4.78 is 11.3. The number of hydrogen-bond donors (Lipinski definition) is 2. The summed E-state index contributed by atoms with van der Waals surface area (Å²) in [5.41, 5.74) is 3.83. The van der Waals surface area contributed by atoms with E-state index < -0.39 is 0 Å². The molecule has 0 aromatic heterocycles. The Labute approximate surface area is 150 Å². The molecule has 4 heteroatoms. The Morgan fingerprint density at radius 2 is 1.64 bits per heavy atom. The van der Waals surface area contributed by atoms with Crippen LogP contribution in [0.1, 0.15) is 16.7 Å². The summed E-state index contributed by atoms with van der Waals surface area (Å²) in [6, 6.07) is 17.0. The quantitative estimate of drug-likeness (QED) is 0.688. The minimum atomic E-state index is 0.619. The van der Waals surface area contributed by atoms with Gasteiger partial charge in [-0.05, 0) is 36.8 Å². The number of nitrogens with two attached hydrogens (primary N) is 1. The van der Waals surface area contributed by atoms with Crippen molar-refractivity contribution in [2.24, 2.45) is 0 Å². The van der Waals surface area contributed by atoms with Crippen LogP contribution in [-0.2, 0) is 17.9 Å². The number of rotatable bonds is 8. The van der Waals surface area contributed by atoms with E-state index in [1.807, 2.05) is 0 Å². The summed E-state index contributed by atoms with van der Waals surface area (Å²) in [4.78, 5) is 1.67. The summed E-state index contributed by atoms with van der Waals surface area (Å²) in [6.45, 7) is 10.3. The Hall–Kier alpha value is -1.88. The number of aryl methyl sites for hydroxylation is 1. The third-order valence-corrected chi connectivity index (χ3v) is 4.73. The van der Waals surface area contributed by atoms with Crippen molar-refractivity contribution in [3.63, 3.8) is 0 Å². The molecule has 0 bridgehead atoms. The van der Waals surface area contributed by atoms with Crippen molar-refractivity contribution in [1.29, 1.82) is 0 Å². The molecule has 0 unspecified atom stereocenters. The van der Waals surface area contributed by atoms with Crippen LogP contribution < -0.4 is 15.0 Å². The first-order valence-corrected chi connectivity index (χ1v) is 9.30. The van der Waals surface area contributed by atoms with E-state index in [1.54, 1.807) is 4.90 Å². The van der Waals surface area contributed by atoms with E-state index in [4.69, 9.17) is 9.47 Å². The van der Waals surface area contributed by atoms with Crippen molar-refractivity contribution < 1.29 is 19.7 Å². The topological polar surface area (TPSA) is 39.5 Å². The zero-order valence-electron chi connectivity index (χ0n) is 15.2. The fourth-order valence-electron chi connectivity index (χ4n) is 3.06. The van der Waals surface area contributed by atoms with Crippen molar-refractivity contribution in [2.75, 3.05) is 39.4 Å². The first-order valence-electron chi connectivity index (χ1n) is 9.30. The predicted octanol–water partition coefficient (Wildman–Crippen LogP) is 0.553. The molecular formula is C21H30N2O2+2. The Bertz CT molecular complexity index is 619. The summed E-state index contributed by atoms with van der Waals surface area (Å²) >= 11 is 0. The molecule has 3 rings (SSSR count). The van der Waals surface area contributed by atoms with Gasteiger partial charge in [0.2, 0.25) is 0 Å².